The number of nitrogens with one attached hydrogen (secondary N) is 4. The summed E-state index contributed by atoms with van der Waals surface area (Å²) in [7, 11) is 3.13. The minimum Gasteiger partial charge on any atom is -0.447 e. The molecule has 0 heterocycles. The summed E-state index contributed by atoms with van der Waals surface area (Å²) >= 11 is 0. The van der Waals surface area contributed by atoms with Crippen LogP contribution in [0.1, 0.15) is 65.4 Å². The van der Waals surface area contributed by atoms with Crippen molar-refractivity contribution >= 4 is 24.0 Å². The van der Waals surface area contributed by atoms with Crippen LogP contribution in [0.25, 0.3) is 0 Å². The number of ether oxygens (including phenoxy) is 6. The quantitative estimate of drug-likeness (QED) is 0.0649. The summed E-state index contributed by atoms with van der Waals surface area (Å²) in [6.07, 6.45) is 2.88. The van der Waals surface area contributed by atoms with Crippen LogP contribution in [0, 0.1) is 17.8 Å². The van der Waals surface area contributed by atoms with E-state index in [9.17, 15) is 24.3 Å². The number of methoxy groups -OCH3 is 2. The molecule has 1 aliphatic carbocycles. The molecule has 0 aromatic heterocycles. The molecule has 0 saturated heterocycles. The van der Waals surface area contributed by atoms with E-state index in [1.165, 1.54) is 0 Å². The number of benzene rings is 1. The number of hydrogen-bond acceptors (Lipinski definition) is 12. The smallest absolute Gasteiger partial charge is 0.407 e. The van der Waals surface area contributed by atoms with Crippen LogP contribution in [-0.4, -0.2) is 139 Å². The highest BCUT2D eigenvalue weighted by molar-refractivity contribution is 5.86. The zero-order valence-electron chi connectivity index (χ0n) is 33.7. The van der Waals surface area contributed by atoms with Gasteiger partial charge in [0.2, 0.25) is 5.91 Å². The summed E-state index contributed by atoms with van der Waals surface area (Å²) in [5.74, 6) is -1.26. The van der Waals surface area contributed by atoms with Crippen LogP contribution >= 0.6 is 0 Å². The van der Waals surface area contributed by atoms with Crippen LogP contribution < -0.4 is 21.4 Å². The molecule has 0 aliphatic heterocycles. The molecule has 0 radical (unpaired) electrons. The van der Waals surface area contributed by atoms with Gasteiger partial charge in [-0.2, -0.15) is 0 Å². The Hall–Kier alpha value is -3.54. The van der Waals surface area contributed by atoms with Crippen molar-refractivity contribution in [1.82, 2.24) is 26.4 Å². The molecule has 0 bridgehead atoms. The van der Waals surface area contributed by atoms with Gasteiger partial charge in [0.15, 0.2) is 0 Å². The lowest BCUT2D eigenvalue weighted by atomic mass is 9.89. The standard InChI is InChI=1S/C39H67N5O11/c1-28(2)34(41-38(48)54-23-21-52-19-17-50-5)36(46)40-32(25-30-13-9-7-10-14-30)33(45)27-44(26-31-15-11-8-12-16-31)43-37(47)35(29(3)4)42-39(49)55-24-22-53-20-18-51-6/h7,9-10,13-14,28-29,31-35,45H,8,11-12,15-27H2,1-6H3,(H,40,46)(H,41,48)(H,42,49)(H,43,47)/t32?,33?,34-,35-/m0/s1. The number of hydrazine groups is 1. The lowest BCUT2D eigenvalue weighted by Gasteiger charge is -2.35. The fourth-order valence-corrected chi connectivity index (χ4v) is 6.13. The van der Waals surface area contributed by atoms with Crippen molar-refractivity contribution in [3.05, 3.63) is 35.9 Å². The first kappa shape index (κ1) is 47.6. The third kappa shape index (κ3) is 20.3. The maximum Gasteiger partial charge on any atom is 0.407 e. The zero-order valence-corrected chi connectivity index (χ0v) is 33.7. The van der Waals surface area contributed by atoms with Gasteiger partial charge in [-0.15, -0.1) is 0 Å². The zero-order chi connectivity index (χ0) is 40.4. The highest BCUT2D eigenvalue weighted by Gasteiger charge is 2.33. The molecule has 4 amide bonds. The second-order valence-corrected chi connectivity index (χ2v) is 14.5. The third-order valence-electron chi connectivity index (χ3n) is 9.20. The van der Waals surface area contributed by atoms with Gasteiger partial charge in [0.25, 0.3) is 5.91 Å². The lowest BCUT2D eigenvalue weighted by molar-refractivity contribution is -0.131. The molecule has 16 nitrogen and oxygen atoms in total. The van der Waals surface area contributed by atoms with E-state index in [1.54, 1.807) is 33.1 Å². The van der Waals surface area contributed by atoms with Crippen LogP contribution in [0.15, 0.2) is 30.3 Å². The summed E-state index contributed by atoms with van der Waals surface area (Å²) < 4.78 is 31.0. The number of amides is 4. The van der Waals surface area contributed by atoms with Gasteiger partial charge in [-0.3, -0.25) is 15.0 Å². The highest BCUT2D eigenvalue weighted by Crippen LogP contribution is 2.24. The van der Waals surface area contributed by atoms with Crippen molar-refractivity contribution in [1.29, 1.82) is 0 Å². The molecule has 1 fully saturated rings. The lowest BCUT2D eigenvalue weighted by Crippen LogP contribution is -2.60. The van der Waals surface area contributed by atoms with Crippen LogP contribution in [-0.2, 0) is 44.4 Å². The van der Waals surface area contributed by atoms with Crippen LogP contribution in [0.4, 0.5) is 9.59 Å². The van der Waals surface area contributed by atoms with Gasteiger partial charge >= 0.3 is 12.2 Å². The topological polar surface area (TPSA) is 195 Å². The van der Waals surface area contributed by atoms with Gasteiger partial charge in [-0.25, -0.2) is 14.6 Å². The van der Waals surface area contributed by atoms with Crippen molar-refractivity contribution in [2.24, 2.45) is 17.8 Å². The maximum atomic E-state index is 13.8. The summed E-state index contributed by atoms with van der Waals surface area (Å²) in [4.78, 5) is 52.8. The van der Waals surface area contributed by atoms with Crippen molar-refractivity contribution < 1.29 is 52.7 Å². The van der Waals surface area contributed by atoms with Gasteiger partial charge in [0.1, 0.15) is 25.3 Å². The average molecular weight is 782 g/mol. The number of carbonyl (C=O) groups excluding carboxylic acids is 4. The Kier molecular flexibility index (Phi) is 24.2. The Morgan fingerprint density at radius 3 is 1.73 bits per heavy atom. The highest BCUT2D eigenvalue weighted by atomic mass is 16.6. The molecule has 2 rings (SSSR count). The molecule has 1 aliphatic rings. The summed E-state index contributed by atoms with van der Waals surface area (Å²) in [5.41, 5.74) is 3.85. The largest absolute Gasteiger partial charge is 0.447 e. The molecule has 5 N–H and O–H groups in total. The molecule has 1 aromatic rings. The van der Waals surface area contributed by atoms with E-state index in [4.69, 9.17) is 28.4 Å². The second kappa shape index (κ2) is 27.9. The monoisotopic (exact) mass is 781 g/mol. The first-order chi connectivity index (χ1) is 26.4. The van der Waals surface area contributed by atoms with E-state index >= 15 is 0 Å². The van der Waals surface area contributed by atoms with E-state index in [1.807, 2.05) is 44.2 Å². The second-order valence-electron chi connectivity index (χ2n) is 14.5. The number of aliphatic hydroxyl groups excluding tert-OH is 1. The molecular formula is C39H67N5O11. The predicted molar refractivity (Wildman–Crippen MR) is 206 cm³/mol. The molecule has 1 aromatic carbocycles. The number of aliphatic hydroxyl groups is 1. The van der Waals surface area contributed by atoms with Gasteiger partial charge < -0.3 is 49.5 Å². The maximum absolute atomic E-state index is 13.8. The van der Waals surface area contributed by atoms with Gasteiger partial charge in [0, 0.05) is 27.3 Å². The number of alkyl carbamates (subject to hydrolysis) is 2. The minimum absolute atomic E-state index is 0.00147. The van der Waals surface area contributed by atoms with Gasteiger partial charge in [-0.1, -0.05) is 77.3 Å². The van der Waals surface area contributed by atoms with Crippen molar-refractivity contribution in [2.45, 2.75) is 90.4 Å². The van der Waals surface area contributed by atoms with E-state index in [-0.39, 0.29) is 57.1 Å². The third-order valence-corrected chi connectivity index (χ3v) is 9.20. The first-order valence-electron chi connectivity index (χ1n) is 19.5. The van der Waals surface area contributed by atoms with Crippen LogP contribution in [0.3, 0.4) is 0 Å². The van der Waals surface area contributed by atoms with Gasteiger partial charge in [0.05, 0.1) is 51.8 Å². The van der Waals surface area contributed by atoms with E-state index in [2.05, 4.69) is 21.4 Å². The molecule has 4 atom stereocenters. The molecule has 55 heavy (non-hydrogen) atoms. The van der Waals surface area contributed by atoms with E-state index in [0.29, 0.717) is 33.0 Å². The van der Waals surface area contributed by atoms with Crippen molar-refractivity contribution in [2.75, 3.05) is 80.2 Å². The van der Waals surface area contributed by atoms with Crippen molar-refractivity contribution in [3.8, 4) is 0 Å². The molecule has 2 unspecified atom stereocenters. The number of hydrogen-bond donors (Lipinski definition) is 5. The fourth-order valence-electron chi connectivity index (χ4n) is 6.13. The Morgan fingerprint density at radius 2 is 1.22 bits per heavy atom. The number of carbonyl (C=O) groups is 4. The summed E-state index contributed by atoms with van der Waals surface area (Å²) in [6, 6.07) is 6.76. The van der Waals surface area contributed by atoms with Crippen LogP contribution in [0.2, 0.25) is 0 Å². The van der Waals surface area contributed by atoms with Crippen molar-refractivity contribution in [3.63, 3.8) is 0 Å². The number of rotatable bonds is 27. The summed E-state index contributed by atoms with van der Waals surface area (Å²) in [6.45, 7) is 9.63. The Bertz CT molecular complexity index is 1220. The fraction of sp³-hybridized carbons (Fsp3) is 0.744. The first-order valence-corrected chi connectivity index (χ1v) is 19.5. The Balaban J connectivity index is 2.19. The minimum atomic E-state index is -1.15. The van der Waals surface area contributed by atoms with Gasteiger partial charge in [-0.05, 0) is 42.6 Å². The van der Waals surface area contributed by atoms with E-state index in [0.717, 1.165) is 37.7 Å². The molecular weight excluding hydrogens is 714 g/mol. The molecule has 16 heteroatoms. The SMILES string of the molecule is COCCOCCOC(=O)N[C@H](C(=O)NC(Cc1ccccc1)C(O)CN(CC1CCCCC1)NC(=O)[C@@H](NC(=O)OCCOCCOC)C(C)C)C(C)C. The Morgan fingerprint density at radius 1 is 0.709 bits per heavy atom. The molecule has 314 valence electrons. The Labute approximate surface area is 327 Å². The molecule has 1 saturated carbocycles. The predicted octanol–water partition coefficient (Wildman–Crippen LogP) is 2.82. The normalized spacial score (nSPS) is 15.6. The van der Waals surface area contributed by atoms with E-state index < -0.39 is 48.2 Å². The van der Waals surface area contributed by atoms with Crippen LogP contribution in [0.5, 0.6) is 0 Å². The summed E-state index contributed by atoms with van der Waals surface area (Å²) in [5, 5.41) is 21.9. The molecule has 0 spiro atoms. The average Bonchev–Trinajstić information content (AvgIpc) is 3.15. The number of nitrogens with zero attached hydrogens (tertiary/aromatic N) is 1.